The summed E-state index contributed by atoms with van der Waals surface area (Å²) in [6.07, 6.45) is 2.30. The van der Waals surface area contributed by atoms with Crippen LogP contribution in [-0.4, -0.2) is 61.6 Å². The summed E-state index contributed by atoms with van der Waals surface area (Å²) in [7, 11) is 1.66. The summed E-state index contributed by atoms with van der Waals surface area (Å²) >= 11 is 5.88. The molecule has 3 aliphatic rings. The summed E-state index contributed by atoms with van der Waals surface area (Å²) in [6.45, 7) is 2.67. The van der Waals surface area contributed by atoms with E-state index in [-0.39, 0.29) is 23.5 Å². The number of likely N-dealkylation sites (tertiary alicyclic amines) is 1. The third-order valence-corrected chi connectivity index (χ3v) is 6.36. The first-order valence-corrected chi connectivity index (χ1v) is 9.53. The van der Waals surface area contributed by atoms with Crippen LogP contribution in [0.15, 0.2) is 24.3 Å². The molecule has 2 amide bonds. The van der Waals surface area contributed by atoms with Gasteiger partial charge in [-0.3, -0.25) is 14.5 Å². The van der Waals surface area contributed by atoms with Crippen molar-refractivity contribution in [2.45, 2.75) is 24.5 Å². The normalized spacial score (nSPS) is 32.5. The van der Waals surface area contributed by atoms with Gasteiger partial charge in [0.2, 0.25) is 5.91 Å². The van der Waals surface area contributed by atoms with Gasteiger partial charge in [0.15, 0.2) is 0 Å². The average Bonchev–Trinajstić information content (AvgIpc) is 3.28. The molecule has 0 saturated carbocycles. The predicted molar refractivity (Wildman–Crippen MR) is 98.1 cm³/mol. The Hall–Kier alpha value is -1.63. The van der Waals surface area contributed by atoms with E-state index in [2.05, 4.69) is 15.5 Å². The highest BCUT2D eigenvalue weighted by Crippen LogP contribution is 2.54. The highest BCUT2D eigenvalue weighted by Gasteiger charge is 2.62. The number of nitrogens with zero attached hydrogens (tertiary/aromatic N) is 1. The monoisotopic (exact) mass is 377 g/mol. The lowest BCUT2D eigenvalue weighted by Crippen LogP contribution is -2.41. The smallest absolute Gasteiger partial charge is 0.251 e. The number of nitrogens with one attached hydrogen (secondary N) is 2. The van der Waals surface area contributed by atoms with Crippen LogP contribution in [0.25, 0.3) is 0 Å². The lowest BCUT2D eigenvalue weighted by atomic mass is 9.73. The minimum atomic E-state index is -0.131. The van der Waals surface area contributed by atoms with Gasteiger partial charge in [-0.1, -0.05) is 11.6 Å². The highest BCUT2D eigenvalue weighted by molar-refractivity contribution is 6.30. The number of hydrogen-bond acceptors (Lipinski definition) is 4. The highest BCUT2D eigenvalue weighted by atomic mass is 35.5. The molecule has 1 aromatic rings. The van der Waals surface area contributed by atoms with Crippen molar-refractivity contribution in [3.63, 3.8) is 0 Å². The maximum atomic E-state index is 12.4. The van der Waals surface area contributed by atoms with Gasteiger partial charge in [-0.2, -0.15) is 0 Å². The van der Waals surface area contributed by atoms with Crippen LogP contribution in [0, 0.1) is 11.8 Å². The summed E-state index contributed by atoms with van der Waals surface area (Å²) in [4.78, 5) is 26.3. The molecular weight excluding hydrogens is 354 g/mol. The molecule has 0 aliphatic carbocycles. The summed E-state index contributed by atoms with van der Waals surface area (Å²) in [5, 5.41) is 6.36. The predicted octanol–water partition coefficient (Wildman–Crippen LogP) is 1.30. The zero-order valence-electron chi connectivity index (χ0n) is 14.8. The number of fused-ring (bicyclic) bond motifs is 1. The van der Waals surface area contributed by atoms with Crippen LogP contribution in [0.5, 0.6) is 0 Å². The number of ether oxygens (including phenoxy) is 1. The summed E-state index contributed by atoms with van der Waals surface area (Å²) in [5.41, 5.74) is 0.481. The maximum absolute atomic E-state index is 12.4. The van der Waals surface area contributed by atoms with Crippen LogP contribution < -0.4 is 10.6 Å². The fourth-order valence-electron chi connectivity index (χ4n) is 4.88. The van der Waals surface area contributed by atoms with E-state index in [1.807, 2.05) is 0 Å². The molecule has 0 unspecified atom stereocenters. The molecule has 2 bridgehead atoms. The number of hydrogen-bond donors (Lipinski definition) is 2. The molecule has 3 aliphatic heterocycles. The van der Waals surface area contributed by atoms with Crippen LogP contribution in [0.4, 0.5) is 0 Å². The van der Waals surface area contributed by atoms with Crippen molar-refractivity contribution in [3.05, 3.63) is 34.9 Å². The van der Waals surface area contributed by atoms with Gasteiger partial charge < -0.3 is 15.4 Å². The quantitative estimate of drug-likeness (QED) is 0.811. The Bertz CT molecular complexity index is 710. The molecular formula is C19H24ClN3O3. The molecule has 4 rings (SSSR count). The molecule has 140 valence electrons. The van der Waals surface area contributed by atoms with Gasteiger partial charge in [0.05, 0.1) is 18.2 Å². The number of amides is 2. The third-order valence-electron chi connectivity index (χ3n) is 6.11. The van der Waals surface area contributed by atoms with Crippen LogP contribution in [-0.2, 0) is 9.53 Å². The molecule has 1 spiro atoms. The van der Waals surface area contributed by atoms with E-state index in [0.29, 0.717) is 35.5 Å². The van der Waals surface area contributed by atoms with Crippen molar-refractivity contribution in [1.82, 2.24) is 15.5 Å². The van der Waals surface area contributed by atoms with Gasteiger partial charge in [0, 0.05) is 49.1 Å². The van der Waals surface area contributed by atoms with E-state index >= 15 is 0 Å². The molecule has 3 saturated heterocycles. The number of rotatable bonds is 5. The molecule has 0 radical (unpaired) electrons. The Morgan fingerprint density at radius 1 is 1.35 bits per heavy atom. The van der Waals surface area contributed by atoms with Crippen LogP contribution in [0.3, 0.4) is 0 Å². The summed E-state index contributed by atoms with van der Waals surface area (Å²) < 4.78 is 6.35. The first kappa shape index (κ1) is 17.8. The van der Waals surface area contributed by atoms with Crippen molar-refractivity contribution >= 4 is 23.4 Å². The van der Waals surface area contributed by atoms with Gasteiger partial charge in [0.25, 0.3) is 5.91 Å². The maximum Gasteiger partial charge on any atom is 0.251 e. The van der Waals surface area contributed by atoms with Crippen molar-refractivity contribution in [3.8, 4) is 0 Å². The van der Waals surface area contributed by atoms with Gasteiger partial charge in [-0.15, -0.1) is 0 Å². The van der Waals surface area contributed by atoms with Crippen molar-refractivity contribution in [1.29, 1.82) is 0 Å². The first-order valence-electron chi connectivity index (χ1n) is 9.15. The molecule has 0 aromatic heterocycles. The summed E-state index contributed by atoms with van der Waals surface area (Å²) in [6, 6.07) is 6.91. The van der Waals surface area contributed by atoms with Gasteiger partial charge in [-0.25, -0.2) is 0 Å². The number of carbonyl (C=O) groups is 2. The second kappa shape index (κ2) is 6.83. The van der Waals surface area contributed by atoms with E-state index in [0.717, 1.165) is 25.9 Å². The zero-order valence-corrected chi connectivity index (χ0v) is 15.6. The van der Waals surface area contributed by atoms with E-state index in [1.165, 1.54) is 0 Å². The molecule has 3 fully saturated rings. The Morgan fingerprint density at radius 2 is 2.12 bits per heavy atom. The molecule has 26 heavy (non-hydrogen) atoms. The van der Waals surface area contributed by atoms with E-state index in [1.54, 1.807) is 31.3 Å². The number of benzene rings is 1. The summed E-state index contributed by atoms with van der Waals surface area (Å²) in [5.74, 6) is 0.619. The fraction of sp³-hybridized carbons (Fsp3) is 0.579. The third kappa shape index (κ3) is 3.10. The Labute approximate surface area is 158 Å². The molecule has 4 atom stereocenters. The van der Waals surface area contributed by atoms with Crippen molar-refractivity contribution in [2.24, 2.45) is 11.8 Å². The topological polar surface area (TPSA) is 70.7 Å². The van der Waals surface area contributed by atoms with Gasteiger partial charge in [0.1, 0.15) is 0 Å². The Morgan fingerprint density at radius 3 is 2.85 bits per heavy atom. The molecule has 3 heterocycles. The van der Waals surface area contributed by atoms with Crippen LogP contribution >= 0.6 is 11.6 Å². The van der Waals surface area contributed by atoms with E-state index < -0.39 is 0 Å². The van der Waals surface area contributed by atoms with Crippen molar-refractivity contribution < 1.29 is 14.3 Å². The van der Waals surface area contributed by atoms with E-state index in [4.69, 9.17) is 16.3 Å². The van der Waals surface area contributed by atoms with Gasteiger partial charge >= 0.3 is 0 Å². The van der Waals surface area contributed by atoms with E-state index in [9.17, 15) is 9.59 Å². The fourth-order valence-corrected chi connectivity index (χ4v) is 5.00. The first-order chi connectivity index (χ1) is 12.5. The lowest BCUT2D eigenvalue weighted by molar-refractivity contribution is -0.121. The number of carbonyl (C=O) groups excluding carboxylic acids is 2. The standard InChI is InChI=1S/C19H24ClN3O3/c1-21-17(24)10-23-9-15-14(16-6-7-19(15,11-23)26-16)8-22-18(25)12-2-4-13(20)5-3-12/h2-5,14-16H,6-11H2,1H3,(H,21,24)(H,22,25)/t14-,15+,16+,19+/m0/s1. The average molecular weight is 378 g/mol. The van der Waals surface area contributed by atoms with Crippen LogP contribution in [0.2, 0.25) is 5.02 Å². The molecule has 1 aromatic carbocycles. The second-order valence-electron chi connectivity index (χ2n) is 7.59. The molecule has 2 N–H and O–H groups in total. The zero-order chi connectivity index (χ0) is 18.3. The minimum Gasteiger partial charge on any atom is -0.370 e. The second-order valence-corrected chi connectivity index (χ2v) is 8.03. The van der Waals surface area contributed by atoms with Crippen LogP contribution in [0.1, 0.15) is 23.2 Å². The van der Waals surface area contributed by atoms with Gasteiger partial charge in [-0.05, 0) is 37.1 Å². The molecule has 6 nitrogen and oxygen atoms in total. The lowest BCUT2D eigenvalue weighted by Gasteiger charge is -2.29. The minimum absolute atomic E-state index is 0.0310. The number of halogens is 1. The molecule has 7 heteroatoms. The van der Waals surface area contributed by atoms with Crippen molar-refractivity contribution in [2.75, 3.05) is 33.2 Å². The number of likely N-dealkylation sites (N-methyl/N-ethyl adjacent to an activating group) is 1. The Kier molecular flexibility index (Phi) is 4.67. The SMILES string of the molecule is CNC(=O)CN1C[C@@H]2[C@H](CNC(=O)c3ccc(Cl)cc3)[C@H]3CC[C@]2(C1)O3. The Balaban J connectivity index is 1.39. The largest absolute Gasteiger partial charge is 0.370 e.